The quantitative estimate of drug-likeness (QED) is 0.680. The van der Waals surface area contributed by atoms with Gasteiger partial charge in [-0.3, -0.25) is 4.79 Å². The van der Waals surface area contributed by atoms with Crippen LogP contribution in [0.2, 0.25) is 0 Å². The van der Waals surface area contributed by atoms with Crippen LogP contribution in [0.4, 0.5) is 0 Å². The van der Waals surface area contributed by atoms with E-state index < -0.39 is 0 Å². The van der Waals surface area contributed by atoms with E-state index in [1.54, 1.807) is 0 Å². The predicted molar refractivity (Wildman–Crippen MR) is 123 cm³/mol. The molecule has 1 unspecified atom stereocenters. The maximum absolute atomic E-state index is 12.1. The van der Waals surface area contributed by atoms with Crippen LogP contribution in [0.3, 0.4) is 0 Å². The van der Waals surface area contributed by atoms with E-state index in [4.69, 9.17) is 4.74 Å². The summed E-state index contributed by atoms with van der Waals surface area (Å²) in [6.45, 7) is 8.43. The lowest BCUT2D eigenvalue weighted by molar-refractivity contribution is -0.123. The van der Waals surface area contributed by atoms with Crippen LogP contribution in [-0.4, -0.2) is 31.6 Å². The number of carbonyl (C=O) groups excluding carboxylic acids is 1. The summed E-state index contributed by atoms with van der Waals surface area (Å²) >= 11 is 0. The van der Waals surface area contributed by atoms with E-state index in [0.29, 0.717) is 12.6 Å². The number of hydrogen-bond acceptors (Lipinski definition) is 3. The average Bonchev–Trinajstić information content (AvgIpc) is 2.74. The van der Waals surface area contributed by atoms with Crippen LogP contribution in [0.25, 0.3) is 0 Å². The minimum Gasteiger partial charge on any atom is -0.484 e. The Morgan fingerprint density at radius 2 is 1.73 bits per heavy atom. The molecule has 0 saturated carbocycles. The lowest BCUT2D eigenvalue weighted by Gasteiger charge is -2.23. The summed E-state index contributed by atoms with van der Waals surface area (Å²) < 4.78 is 5.64. The topological polar surface area (TPSA) is 50.4 Å². The molecule has 0 radical (unpaired) electrons. The largest absolute Gasteiger partial charge is 0.484 e. The number of benzene rings is 2. The summed E-state index contributed by atoms with van der Waals surface area (Å²) in [5, 5.41) is 6.52. The summed E-state index contributed by atoms with van der Waals surface area (Å²) in [6.07, 6.45) is 5.72. The smallest absolute Gasteiger partial charge is 0.257 e. The van der Waals surface area contributed by atoms with E-state index in [9.17, 15) is 4.79 Å². The zero-order valence-electron chi connectivity index (χ0n) is 18.7. The first-order chi connectivity index (χ1) is 14.4. The fourth-order valence-electron chi connectivity index (χ4n) is 3.82. The van der Waals surface area contributed by atoms with Crippen molar-refractivity contribution in [2.24, 2.45) is 0 Å². The molecule has 0 aromatic heterocycles. The molecule has 2 aromatic carbocycles. The number of hydrogen-bond donors (Lipinski definition) is 2. The van der Waals surface area contributed by atoms with Crippen molar-refractivity contribution in [2.45, 2.75) is 64.3 Å². The lowest BCUT2D eigenvalue weighted by Crippen LogP contribution is -2.35. The fourth-order valence-corrected chi connectivity index (χ4v) is 3.82. The van der Waals surface area contributed by atoms with Gasteiger partial charge in [-0.1, -0.05) is 63.6 Å². The molecule has 30 heavy (non-hydrogen) atoms. The highest BCUT2D eigenvalue weighted by molar-refractivity contribution is 5.77. The second-order valence-electron chi connectivity index (χ2n) is 9.33. The third kappa shape index (κ3) is 7.17. The van der Waals surface area contributed by atoms with E-state index in [1.807, 2.05) is 12.1 Å². The van der Waals surface area contributed by atoms with Crippen molar-refractivity contribution in [1.82, 2.24) is 10.6 Å². The first kappa shape index (κ1) is 22.4. The van der Waals surface area contributed by atoms with Gasteiger partial charge in [-0.25, -0.2) is 0 Å². The molecule has 1 fully saturated rings. The van der Waals surface area contributed by atoms with Crippen molar-refractivity contribution in [3.05, 3.63) is 65.2 Å². The van der Waals surface area contributed by atoms with Gasteiger partial charge in [0.1, 0.15) is 5.75 Å². The molecular formula is C26H36N2O2. The van der Waals surface area contributed by atoms with Crippen molar-refractivity contribution in [1.29, 1.82) is 0 Å². The second-order valence-corrected chi connectivity index (χ2v) is 9.33. The van der Waals surface area contributed by atoms with Gasteiger partial charge in [-0.15, -0.1) is 0 Å². The number of carbonyl (C=O) groups is 1. The molecule has 2 aromatic rings. The number of piperidine rings is 1. The zero-order valence-corrected chi connectivity index (χ0v) is 18.7. The van der Waals surface area contributed by atoms with E-state index >= 15 is 0 Å². The highest BCUT2D eigenvalue weighted by atomic mass is 16.5. The number of nitrogens with one attached hydrogen (secondary N) is 2. The summed E-state index contributed by atoms with van der Waals surface area (Å²) in [5.74, 6) is 0.653. The number of amides is 1. The van der Waals surface area contributed by atoms with E-state index in [2.05, 4.69) is 67.8 Å². The molecule has 4 heteroatoms. The zero-order chi connectivity index (χ0) is 21.4. The highest BCUT2D eigenvalue weighted by Crippen LogP contribution is 2.22. The van der Waals surface area contributed by atoms with Gasteiger partial charge in [0, 0.05) is 12.6 Å². The maximum Gasteiger partial charge on any atom is 0.257 e. The van der Waals surface area contributed by atoms with Gasteiger partial charge in [0.15, 0.2) is 6.61 Å². The van der Waals surface area contributed by atoms with Crippen LogP contribution < -0.4 is 15.4 Å². The number of ether oxygens (including phenoxy) is 1. The number of rotatable bonds is 8. The SMILES string of the molecule is CC(C)(C)c1ccc(CCNC(=O)COc2ccc(CC3CCCCN3)cc2)cc1. The van der Waals surface area contributed by atoms with Gasteiger partial charge in [0.2, 0.25) is 0 Å². The molecule has 0 spiro atoms. The monoisotopic (exact) mass is 408 g/mol. The Balaban J connectivity index is 1.35. The Morgan fingerprint density at radius 3 is 2.37 bits per heavy atom. The summed E-state index contributed by atoms with van der Waals surface area (Å²) in [7, 11) is 0. The van der Waals surface area contributed by atoms with Crippen LogP contribution in [0.5, 0.6) is 5.75 Å². The molecule has 0 bridgehead atoms. The molecule has 1 aliphatic heterocycles. The van der Waals surface area contributed by atoms with Crippen molar-refractivity contribution < 1.29 is 9.53 Å². The molecule has 1 atom stereocenters. The molecule has 1 saturated heterocycles. The van der Waals surface area contributed by atoms with Gasteiger partial charge in [-0.05, 0) is 66.5 Å². The van der Waals surface area contributed by atoms with Crippen LogP contribution in [0.1, 0.15) is 56.7 Å². The Bertz CT molecular complexity index is 785. The second kappa shape index (κ2) is 10.6. The Kier molecular flexibility index (Phi) is 7.92. The molecule has 0 aliphatic carbocycles. The van der Waals surface area contributed by atoms with Gasteiger partial charge in [0.25, 0.3) is 5.91 Å². The minimum atomic E-state index is -0.0863. The molecule has 1 aliphatic rings. The summed E-state index contributed by atoms with van der Waals surface area (Å²) in [4.78, 5) is 12.1. The Hall–Kier alpha value is -2.33. The van der Waals surface area contributed by atoms with Crippen molar-refractivity contribution in [3.63, 3.8) is 0 Å². The normalized spacial score (nSPS) is 16.8. The predicted octanol–water partition coefficient (Wildman–Crippen LogP) is 4.41. The van der Waals surface area contributed by atoms with Gasteiger partial charge in [0.05, 0.1) is 0 Å². The highest BCUT2D eigenvalue weighted by Gasteiger charge is 2.14. The molecule has 1 heterocycles. The van der Waals surface area contributed by atoms with E-state index in [1.165, 1.54) is 36.0 Å². The molecular weight excluding hydrogens is 372 g/mol. The van der Waals surface area contributed by atoms with Crippen LogP contribution in [0.15, 0.2) is 48.5 Å². The lowest BCUT2D eigenvalue weighted by atomic mass is 9.86. The van der Waals surface area contributed by atoms with Gasteiger partial charge in [-0.2, -0.15) is 0 Å². The molecule has 162 valence electrons. The van der Waals surface area contributed by atoms with Gasteiger partial charge < -0.3 is 15.4 Å². The van der Waals surface area contributed by atoms with Crippen LogP contribution in [-0.2, 0) is 23.1 Å². The first-order valence-electron chi connectivity index (χ1n) is 11.2. The van der Waals surface area contributed by atoms with E-state index in [0.717, 1.165) is 25.1 Å². The first-order valence-corrected chi connectivity index (χ1v) is 11.2. The third-order valence-corrected chi connectivity index (χ3v) is 5.74. The Morgan fingerprint density at radius 1 is 1.03 bits per heavy atom. The Labute approximate surface area is 181 Å². The summed E-state index contributed by atoms with van der Waals surface area (Å²) in [5.41, 5.74) is 4.02. The van der Waals surface area contributed by atoms with Crippen molar-refractivity contribution >= 4 is 5.91 Å². The summed E-state index contributed by atoms with van der Waals surface area (Å²) in [6, 6.07) is 17.4. The molecule has 1 amide bonds. The van der Waals surface area contributed by atoms with Gasteiger partial charge >= 0.3 is 0 Å². The molecule has 2 N–H and O–H groups in total. The standard InChI is InChI=1S/C26H36N2O2/c1-26(2,3)22-11-7-20(8-12-22)15-17-28-25(29)19-30-24-13-9-21(10-14-24)18-23-6-4-5-16-27-23/h7-14,23,27H,4-6,15-19H2,1-3H3,(H,28,29). The third-order valence-electron chi connectivity index (χ3n) is 5.74. The minimum absolute atomic E-state index is 0.0481. The van der Waals surface area contributed by atoms with Crippen molar-refractivity contribution in [3.8, 4) is 5.75 Å². The maximum atomic E-state index is 12.1. The average molecular weight is 409 g/mol. The molecule has 4 nitrogen and oxygen atoms in total. The fraction of sp³-hybridized carbons (Fsp3) is 0.500. The van der Waals surface area contributed by atoms with Crippen LogP contribution in [0, 0.1) is 0 Å². The molecule has 3 rings (SSSR count). The van der Waals surface area contributed by atoms with Crippen molar-refractivity contribution in [2.75, 3.05) is 19.7 Å². The van der Waals surface area contributed by atoms with E-state index in [-0.39, 0.29) is 17.9 Å². The van der Waals surface area contributed by atoms with Crippen LogP contribution >= 0.6 is 0 Å².